The highest BCUT2D eigenvalue weighted by Gasteiger charge is 2.09. The molecule has 0 saturated heterocycles. The van der Waals surface area contributed by atoms with Crippen LogP contribution in [-0.4, -0.2) is 29.5 Å². The standard InChI is InChI=1S/C14H17N3/c1-11(9-15)17(2)8-7-12-10-16-14-6-4-3-5-13(12)14/h3-6,10-11,16H,7-8H2,1-2H3. The zero-order valence-electron chi connectivity index (χ0n) is 10.3. The average molecular weight is 227 g/mol. The highest BCUT2D eigenvalue weighted by atomic mass is 15.1. The van der Waals surface area contributed by atoms with Crippen molar-refractivity contribution >= 4 is 10.9 Å². The van der Waals surface area contributed by atoms with Crippen molar-refractivity contribution in [2.75, 3.05) is 13.6 Å². The predicted octanol–water partition coefficient (Wildman–Crippen LogP) is 2.55. The molecule has 1 heterocycles. The Balaban J connectivity index is 2.07. The molecule has 88 valence electrons. The molecule has 3 heteroatoms. The summed E-state index contributed by atoms with van der Waals surface area (Å²) in [5, 5.41) is 10.1. The molecule has 2 rings (SSSR count). The van der Waals surface area contributed by atoms with Gasteiger partial charge in [0.25, 0.3) is 0 Å². The Morgan fingerprint density at radius 3 is 2.94 bits per heavy atom. The molecule has 1 unspecified atom stereocenters. The van der Waals surface area contributed by atoms with Crippen molar-refractivity contribution in [1.82, 2.24) is 9.88 Å². The number of aromatic amines is 1. The van der Waals surface area contributed by atoms with E-state index < -0.39 is 0 Å². The van der Waals surface area contributed by atoms with Gasteiger partial charge in [-0.05, 0) is 32.0 Å². The number of para-hydroxylation sites is 1. The highest BCUT2D eigenvalue weighted by Crippen LogP contribution is 2.18. The fourth-order valence-corrected chi connectivity index (χ4v) is 1.93. The molecule has 0 aliphatic rings. The van der Waals surface area contributed by atoms with E-state index in [2.05, 4.69) is 40.3 Å². The number of hydrogen-bond acceptors (Lipinski definition) is 2. The van der Waals surface area contributed by atoms with Crippen molar-refractivity contribution in [3.05, 3.63) is 36.0 Å². The van der Waals surface area contributed by atoms with E-state index in [9.17, 15) is 0 Å². The lowest BCUT2D eigenvalue weighted by molar-refractivity contribution is 0.307. The largest absolute Gasteiger partial charge is 0.361 e. The van der Waals surface area contributed by atoms with Gasteiger partial charge in [0.05, 0.1) is 12.1 Å². The quantitative estimate of drug-likeness (QED) is 0.872. The van der Waals surface area contributed by atoms with Gasteiger partial charge in [0.15, 0.2) is 0 Å². The minimum atomic E-state index is -0.0276. The van der Waals surface area contributed by atoms with Crippen molar-refractivity contribution in [3.8, 4) is 6.07 Å². The van der Waals surface area contributed by atoms with Gasteiger partial charge in [-0.2, -0.15) is 5.26 Å². The summed E-state index contributed by atoms with van der Waals surface area (Å²) in [4.78, 5) is 5.34. The molecule has 1 atom stereocenters. The van der Waals surface area contributed by atoms with E-state index in [4.69, 9.17) is 5.26 Å². The fraction of sp³-hybridized carbons (Fsp3) is 0.357. The van der Waals surface area contributed by atoms with Gasteiger partial charge < -0.3 is 4.98 Å². The summed E-state index contributed by atoms with van der Waals surface area (Å²) in [7, 11) is 1.99. The molecule has 0 bridgehead atoms. The second kappa shape index (κ2) is 5.03. The first-order chi connectivity index (χ1) is 8.22. The van der Waals surface area contributed by atoms with Crippen LogP contribution in [0, 0.1) is 11.3 Å². The molecule has 1 aromatic heterocycles. The van der Waals surface area contributed by atoms with Crippen LogP contribution in [0.2, 0.25) is 0 Å². The lowest BCUT2D eigenvalue weighted by Crippen LogP contribution is -2.29. The van der Waals surface area contributed by atoms with Gasteiger partial charge in [-0.1, -0.05) is 18.2 Å². The summed E-state index contributed by atoms with van der Waals surface area (Å²) in [6.45, 7) is 2.83. The summed E-state index contributed by atoms with van der Waals surface area (Å²) >= 11 is 0. The summed E-state index contributed by atoms with van der Waals surface area (Å²) in [5.74, 6) is 0. The second-order valence-corrected chi connectivity index (χ2v) is 4.40. The summed E-state index contributed by atoms with van der Waals surface area (Å²) in [6.07, 6.45) is 3.03. The number of nitriles is 1. The Morgan fingerprint density at radius 2 is 2.18 bits per heavy atom. The van der Waals surface area contributed by atoms with Crippen LogP contribution in [0.15, 0.2) is 30.5 Å². The van der Waals surface area contributed by atoms with Gasteiger partial charge in [-0.15, -0.1) is 0 Å². The number of fused-ring (bicyclic) bond motifs is 1. The molecule has 2 aromatic rings. The van der Waals surface area contributed by atoms with E-state index in [1.807, 2.05) is 20.0 Å². The lowest BCUT2D eigenvalue weighted by Gasteiger charge is -2.18. The third-order valence-electron chi connectivity index (χ3n) is 3.26. The molecule has 0 amide bonds. The van der Waals surface area contributed by atoms with Crippen LogP contribution in [-0.2, 0) is 6.42 Å². The van der Waals surface area contributed by atoms with E-state index in [0.29, 0.717) is 0 Å². The van der Waals surface area contributed by atoms with Crippen molar-refractivity contribution < 1.29 is 0 Å². The van der Waals surface area contributed by atoms with Crippen LogP contribution >= 0.6 is 0 Å². The molecule has 0 spiro atoms. The molecule has 3 nitrogen and oxygen atoms in total. The topological polar surface area (TPSA) is 42.8 Å². The van der Waals surface area contributed by atoms with Gasteiger partial charge in [0.1, 0.15) is 0 Å². The second-order valence-electron chi connectivity index (χ2n) is 4.40. The van der Waals surface area contributed by atoms with E-state index >= 15 is 0 Å². The molecule has 0 aliphatic heterocycles. The Kier molecular flexibility index (Phi) is 3.46. The van der Waals surface area contributed by atoms with Crippen LogP contribution in [0.25, 0.3) is 10.9 Å². The Bertz CT molecular complexity index is 536. The number of nitrogens with one attached hydrogen (secondary N) is 1. The Morgan fingerprint density at radius 1 is 1.41 bits per heavy atom. The number of hydrogen-bond donors (Lipinski definition) is 1. The molecule has 0 saturated carbocycles. The van der Waals surface area contributed by atoms with Crippen LogP contribution < -0.4 is 0 Å². The summed E-state index contributed by atoms with van der Waals surface area (Å²) in [6, 6.07) is 10.5. The molecule has 1 aromatic carbocycles. The molecule has 0 aliphatic carbocycles. The highest BCUT2D eigenvalue weighted by molar-refractivity contribution is 5.83. The summed E-state index contributed by atoms with van der Waals surface area (Å²) < 4.78 is 0. The maximum Gasteiger partial charge on any atom is 0.0946 e. The Hall–Kier alpha value is -1.79. The van der Waals surface area contributed by atoms with E-state index in [1.165, 1.54) is 16.5 Å². The maximum atomic E-state index is 8.84. The number of H-pyrrole nitrogens is 1. The van der Waals surface area contributed by atoms with Crippen molar-refractivity contribution in [3.63, 3.8) is 0 Å². The first kappa shape index (κ1) is 11.7. The van der Waals surface area contributed by atoms with Crippen LogP contribution in [0.5, 0.6) is 0 Å². The third-order valence-corrected chi connectivity index (χ3v) is 3.26. The van der Waals surface area contributed by atoms with Crippen molar-refractivity contribution in [2.24, 2.45) is 0 Å². The summed E-state index contributed by atoms with van der Waals surface area (Å²) in [5.41, 5.74) is 2.50. The van der Waals surface area contributed by atoms with E-state index in [-0.39, 0.29) is 6.04 Å². The average Bonchev–Trinajstić information content (AvgIpc) is 2.78. The molecular formula is C14H17N3. The number of nitrogens with zero attached hydrogens (tertiary/aromatic N) is 2. The molecule has 17 heavy (non-hydrogen) atoms. The van der Waals surface area contributed by atoms with Gasteiger partial charge in [0, 0.05) is 23.6 Å². The van der Waals surface area contributed by atoms with E-state index in [0.717, 1.165) is 13.0 Å². The van der Waals surface area contributed by atoms with Crippen LogP contribution in [0.3, 0.4) is 0 Å². The number of likely N-dealkylation sites (N-methyl/N-ethyl adjacent to an activating group) is 1. The molecular weight excluding hydrogens is 210 g/mol. The number of aromatic nitrogens is 1. The zero-order chi connectivity index (χ0) is 12.3. The minimum Gasteiger partial charge on any atom is -0.361 e. The zero-order valence-corrected chi connectivity index (χ0v) is 10.3. The van der Waals surface area contributed by atoms with Gasteiger partial charge in [-0.25, -0.2) is 0 Å². The van der Waals surface area contributed by atoms with Crippen LogP contribution in [0.1, 0.15) is 12.5 Å². The fourth-order valence-electron chi connectivity index (χ4n) is 1.93. The first-order valence-electron chi connectivity index (χ1n) is 5.87. The van der Waals surface area contributed by atoms with Gasteiger partial charge in [0.2, 0.25) is 0 Å². The number of rotatable bonds is 4. The van der Waals surface area contributed by atoms with E-state index in [1.54, 1.807) is 0 Å². The van der Waals surface area contributed by atoms with Crippen molar-refractivity contribution in [2.45, 2.75) is 19.4 Å². The molecule has 0 fully saturated rings. The normalized spacial score (nSPS) is 12.8. The van der Waals surface area contributed by atoms with Crippen LogP contribution in [0.4, 0.5) is 0 Å². The number of benzene rings is 1. The maximum absolute atomic E-state index is 8.84. The third kappa shape index (κ3) is 2.48. The first-order valence-corrected chi connectivity index (χ1v) is 5.87. The molecule has 1 N–H and O–H groups in total. The smallest absolute Gasteiger partial charge is 0.0946 e. The monoisotopic (exact) mass is 227 g/mol. The lowest BCUT2D eigenvalue weighted by atomic mass is 10.1. The predicted molar refractivity (Wildman–Crippen MR) is 69.7 cm³/mol. The molecule has 0 radical (unpaired) electrons. The van der Waals surface area contributed by atoms with Gasteiger partial charge in [-0.3, -0.25) is 4.90 Å². The SMILES string of the molecule is CC(C#N)N(C)CCc1c[nH]c2ccccc12. The van der Waals surface area contributed by atoms with Crippen molar-refractivity contribution in [1.29, 1.82) is 5.26 Å². The minimum absolute atomic E-state index is 0.0276. The Labute approximate surface area is 102 Å². The van der Waals surface area contributed by atoms with Gasteiger partial charge >= 0.3 is 0 Å².